The average molecular weight is 411 g/mol. The number of benzene rings is 2. The van der Waals surface area contributed by atoms with Gasteiger partial charge in [-0.3, -0.25) is 0 Å². The molecule has 2 aromatic rings. The van der Waals surface area contributed by atoms with Crippen molar-refractivity contribution in [1.82, 2.24) is 0 Å². The number of thiocarbonyl (C=S) groups is 1. The average Bonchev–Trinajstić information content (AvgIpc) is 2.69. The Morgan fingerprint density at radius 1 is 0.692 bits per heavy atom. The molecule has 0 bridgehead atoms. The molecule has 0 heterocycles. The van der Waals surface area contributed by atoms with Gasteiger partial charge in [-0.2, -0.15) is 0 Å². The third kappa shape index (κ3) is 5.72. The minimum Gasteiger partial charge on any atom is -0.493 e. The number of rotatable bonds is 8. The molecule has 0 unspecified atom stereocenters. The molecular weight excluding hydrogens is 388 g/mol. The van der Waals surface area contributed by atoms with Crippen LogP contribution in [0.5, 0.6) is 23.0 Å². The Morgan fingerprint density at radius 3 is 1.42 bits per heavy atom. The summed E-state index contributed by atoms with van der Waals surface area (Å²) in [5.41, 5.74) is 2.28. The van der Waals surface area contributed by atoms with Crippen LogP contribution in [0.4, 0.5) is 0 Å². The lowest BCUT2D eigenvalue weighted by Gasteiger charge is -2.10. The first kappa shape index (κ1) is 20.7. The normalized spacial score (nSPS) is 10.3. The first-order valence-corrected chi connectivity index (χ1v) is 10.2. The topological polar surface area (TPSA) is 36.9 Å². The van der Waals surface area contributed by atoms with Crippen molar-refractivity contribution in [3.8, 4) is 23.0 Å². The lowest BCUT2D eigenvalue weighted by molar-refractivity contribution is 0.354. The maximum Gasteiger partial charge on any atom is 0.161 e. The number of methoxy groups -OCH3 is 4. The molecule has 7 heteroatoms. The zero-order valence-corrected chi connectivity index (χ0v) is 17.7. The highest BCUT2D eigenvalue weighted by molar-refractivity contribution is 8.46. The molecule has 140 valence electrons. The third-order valence-corrected chi connectivity index (χ3v) is 6.45. The van der Waals surface area contributed by atoms with Crippen LogP contribution in [0, 0.1) is 0 Å². The van der Waals surface area contributed by atoms with Gasteiger partial charge in [0.2, 0.25) is 0 Å². The summed E-state index contributed by atoms with van der Waals surface area (Å²) in [6.07, 6.45) is 0. The predicted molar refractivity (Wildman–Crippen MR) is 114 cm³/mol. The lowest BCUT2D eigenvalue weighted by Crippen LogP contribution is -1.93. The highest BCUT2D eigenvalue weighted by Gasteiger charge is 2.08. The zero-order valence-electron chi connectivity index (χ0n) is 15.2. The first-order chi connectivity index (χ1) is 12.6. The molecule has 0 saturated heterocycles. The van der Waals surface area contributed by atoms with Gasteiger partial charge in [-0.1, -0.05) is 24.4 Å². The Kier molecular flexibility index (Phi) is 8.41. The van der Waals surface area contributed by atoms with Crippen LogP contribution in [0.1, 0.15) is 11.1 Å². The minimum atomic E-state index is 0.728. The third-order valence-electron chi connectivity index (χ3n) is 3.61. The highest BCUT2D eigenvalue weighted by atomic mass is 32.2. The molecule has 0 aliphatic carbocycles. The molecule has 0 aromatic heterocycles. The van der Waals surface area contributed by atoms with Gasteiger partial charge in [0.25, 0.3) is 0 Å². The van der Waals surface area contributed by atoms with E-state index < -0.39 is 0 Å². The van der Waals surface area contributed by atoms with Crippen molar-refractivity contribution in [2.24, 2.45) is 0 Å². The molecule has 2 aromatic carbocycles. The van der Waals surface area contributed by atoms with Crippen molar-refractivity contribution in [1.29, 1.82) is 0 Å². The van der Waals surface area contributed by atoms with Gasteiger partial charge < -0.3 is 18.9 Å². The van der Waals surface area contributed by atoms with E-state index in [-0.39, 0.29) is 0 Å². The molecule has 0 atom stereocenters. The predicted octanol–water partition coefficient (Wildman–Crippen LogP) is 5.17. The van der Waals surface area contributed by atoms with E-state index in [1.165, 1.54) is 0 Å². The van der Waals surface area contributed by atoms with E-state index in [0.717, 1.165) is 49.2 Å². The van der Waals surface area contributed by atoms with Gasteiger partial charge in [-0.05, 0) is 35.4 Å². The molecule has 0 aliphatic heterocycles. The van der Waals surface area contributed by atoms with Crippen molar-refractivity contribution >= 4 is 39.3 Å². The molecule has 26 heavy (non-hydrogen) atoms. The Morgan fingerprint density at radius 2 is 1.08 bits per heavy atom. The van der Waals surface area contributed by atoms with E-state index in [0.29, 0.717) is 0 Å². The fourth-order valence-electron chi connectivity index (χ4n) is 2.27. The number of hydrogen-bond donors (Lipinski definition) is 0. The second-order valence-corrected chi connectivity index (χ2v) is 8.36. The summed E-state index contributed by atoms with van der Waals surface area (Å²) in [5.74, 6) is 4.50. The number of ether oxygens (including phenoxy) is 4. The minimum absolute atomic E-state index is 0.728. The summed E-state index contributed by atoms with van der Waals surface area (Å²) in [4.78, 5) is 0. The van der Waals surface area contributed by atoms with E-state index in [4.69, 9.17) is 31.2 Å². The lowest BCUT2D eigenvalue weighted by atomic mass is 10.2. The fraction of sp³-hybridized carbons (Fsp3) is 0.316. The first-order valence-electron chi connectivity index (χ1n) is 7.82. The molecule has 2 rings (SSSR count). The zero-order chi connectivity index (χ0) is 18.9. The Hall–Kier alpha value is -1.57. The van der Waals surface area contributed by atoms with Crippen LogP contribution < -0.4 is 18.9 Å². The standard InChI is InChI=1S/C19H22O4S3/c1-20-15-7-5-13(9-17(15)22-3)11-25-19(24)26-12-14-6-8-16(21-2)18(10-14)23-4/h5-10H,11-12H2,1-4H3. The van der Waals surface area contributed by atoms with Gasteiger partial charge in [0.1, 0.15) is 3.53 Å². The van der Waals surface area contributed by atoms with Gasteiger partial charge >= 0.3 is 0 Å². The molecule has 0 aliphatic rings. The number of hydrogen-bond acceptors (Lipinski definition) is 7. The maximum absolute atomic E-state index is 5.49. The number of thioether (sulfide) groups is 2. The Labute approximate surface area is 168 Å². The summed E-state index contributed by atoms with van der Waals surface area (Å²) in [6, 6.07) is 11.8. The van der Waals surface area contributed by atoms with Crippen molar-refractivity contribution in [2.45, 2.75) is 11.5 Å². The fourth-order valence-corrected chi connectivity index (χ4v) is 4.24. The molecule has 0 saturated carbocycles. The van der Waals surface area contributed by atoms with Crippen LogP contribution >= 0.6 is 35.7 Å². The monoisotopic (exact) mass is 410 g/mol. The Balaban J connectivity index is 1.87. The van der Waals surface area contributed by atoms with E-state index in [2.05, 4.69) is 0 Å². The van der Waals surface area contributed by atoms with Gasteiger partial charge in [0.15, 0.2) is 23.0 Å². The van der Waals surface area contributed by atoms with Gasteiger partial charge in [-0.15, -0.1) is 23.5 Å². The molecule has 0 fully saturated rings. The van der Waals surface area contributed by atoms with Crippen LogP contribution in [0.25, 0.3) is 0 Å². The summed E-state index contributed by atoms with van der Waals surface area (Å²) in [7, 11) is 6.54. The highest BCUT2D eigenvalue weighted by Crippen LogP contribution is 2.32. The second kappa shape index (κ2) is 10.5. The van der Waals surface area contributed by atoms with E-state index in [1.54, 1.807) is 52.0 Å². The summed E-state index contributed by atoms with van der Waals surface area (Å²) in [6.45, 7) is 0. The van der Waals surface area contributed by atoms with Crippen molar-refractivity contribution in [3.63, 3.8) is 0 Å². The molecule has 0 spiro atoms. The van der Waals surface area contributed by atoms with E-state index in [9.17, 15) is 0 Å². The summed E-state index contributed by atoms with van der Waals surface area (Å²) < 4.78 is 22.1. The van der Waals surface area contributed by atoms with Crippen molar-refractivity contribution in [3.05, 3.63) is 47.5 Å². The molecule has 0 N–H and O–H groups in total. The summed E-state index contributed by atoms with van der Waals surface area (Å²) >= 11 is 8.77. The van der Waals surface area contributed by atoms with Gasteiger partial charge in [0, 0.05) is 11.5 Å². The van der Waals surface area contributed by atoms with Crippen LogP contribution in [0.2, 0.25) is 0 Å². The largest absolute Gasteiger partial charge is 0.493 e. The quantitative estimate of drug-likeness (QED) is 0.556. The molecule has 0 amide bonds. The molecular formula is C19H22O4S3. The molecule has 0 radical (unpaired) electrons. The summed E-state index contributed by atoms with van der Waals surface area (Å²) in [5, 5.41) is 0. The van der Waals surface area contributed by atoms with Crippen molar-refractivity contribution in [2.75, 3.05) is 28.4 Å². The SMILES string of the molecule is COc1ccc(CSC(=S)SCc2ccc(OC)c(OC)c2)cc1OC. The van der Waals surface area contributed by atoms with Crippen molar-refractivity contribution < 1.29 is 18.9 Å². The van der Waals surface area contributed by atoms with E-state index in [1.807, 2.05) is 36.4 Å². The van der Waals surface area contributed by atoms with Crippen LogP contribution in [-0.4, -0.2) is 32.0 Å². The smallest absolute Gasteiger partial charge is 0.161 e. The van der Waals surface area contributed by atoms with Gasteiger partial charge in [0.05, 0.1) is 28.4 Å². The van der Waals surface area contributed by atoms with Crippen LogP contribution in [0.3, 0.4) is 0 Å². The van der Waals surface area contributed by atoms with Crippen LogP contribution in [-0.2, 0) is 11.5 Å². The molecule has 4 nitrogen and oxygen atoms in total. The Bertz CT molecular complexity index is 688. The second-order valence-electron chi connectivity index (χ2n) is 5.21. The van der Waals surface area contributed by atoms with Gasteiger partial charge in [-0.25, -0.2) is 0 Å². The van der Waals surface area contributed by atoms with E-state index >= 15 is 0 Å². The maximum atomic E-state index is 5.49. The van der Waals surface area contributed by atoms with Crippen LogP contribution in [0.15, 0.2) is 36.4 Å².